The third-order valence-electron chi connectivity index (χ3n) is 2.95. The van der Waals surface area contributed by atoms with Crippen LogP contribution in [0.25, 0.3) is 0 Å². The van der Waals surface area contributed by atoms with Crippen LogP contribution in [0.4, 0.5) is 0 Å². The third kappa shape index (κ3) is 2.47. The molecule has 0 radical (unpaired) electrons. The molecule has 1 aliphatic rings. The Labute approximate surface area is 120 Å². The molecule has 0 saturated carbocycles. The van der Waals surface area contributed by atoms with E-state index in [4.69, 9.17) is 32.7 Å². The number of halogens is 2. The topological polar surface area (TPSA) is 49.2 Å². The van der Waals surface area contributed by atoms with Gasteiger partial charge in [0, 0.05) is 5.56 Å². The zero-order valence-electron chi connectivity index (χ0n) is 9.92. The number of hydrogen-bond acceptors (Lipinski definition) is 4. The molecule has 1 aliphatic heterocycles. The molecule has 2 heterocycles. The van der Waals surface area contributed by atoms with Gasteiger partial charge in [-0.2, -0.15) is 5.10 Å². The molecular weight excluding hydrogens is 289 g/mol. The predicted molar refractivity (Wildman–Crippen MR) is 70.1 cm³/mol. The van der Waals surface area contributed by atoms with Gasteiger partial charge < -0.3 is 9.47 Å². The highest BCUT2D eigenvalue weighted by molar-refractivity contribution is 6.42. The van der Waals surface area contributed by atoms with Gasteiger partial charge in [0.1, 0.15) is 19.2 Å². The van der Waals surface area contributed by atoms with E-state index in [1.165, 1.54) is 6.33 Å². The molecule has 19 heavy (non-hydrogen) atoms. The number of ether oxygens (including phenoxy) is 2. The van der Waals surface area contributed by atoms with E-state index >= 15 is 0 Å². The van der Waals surface area contributed by atoms with E-state index < -0.39 is 5.79 Å². The van der Waals surface area contributed by atoms with Crippen LogP contribution in [0, 0.1) is 0 Å². The van der Waals surface area contributed by atoms with E-state index in [1.807, 2.05) is 6.07 Å². The summed E-state index contributed by atoms with van der Waals surface area (Å²) in [5, 5.41) is 5.04. The lowest BCUT2D eigenvalue weighted by Gasteiger charge is -2.27. The first-order chi connectivity index (χ1) is 9.20. The van der Waals surface area contributed by atoms with Crippen molar-refractivity contribution >= 4 is 23.2 Å². The average molecular weight is 300 g/mol. The zero-order valence-corrected chi connectivity index (χ0v) is 11.4. The van der Waals surface area contributed by atoms with E-state index in [2.05, 4.69) is 10.1 Å². The highest BCUT2D eigenvalue weighted by Gasteiger charge is 2.39. The zero-order chi connectivity index (χ0) is 13.3. The lowest BCUT2D eigenvalue weighted by Crippen LogP contribution is -2.33. The van der Waals surface area contributed by atoms with Gasteiger partial charge in [-0.25, -0.2) is 9.67 Å². The van der Waals surface area contributed by atoms with Crippen molar-refractivity contribution in [1.29, 1.82) is 0 Å². The summed E-state index contributed by atoms with van der Waals surface area (Å²) in [4.78, 5) is 3.91. The molecule has 1 saturated heterocycles. The van der Waals surface area contributed by atoms with E-state index in [-0.39, 0.29) is 0 Å². The van der Waals surface area contributed by atoms with Crippen LogP contribution in [0.2, 0.25) is 10.0 Å². The fraction of sp³-hybridized carbons (Fsp3) is 0.333. The van der Waals surface area contributed by atoms with Crippen molar-refractivity contribution in [1.82, 2.24) is 14.8 Å². The lowest BCUT2D eigenvalue weighted by atomic mass is 10.1. The van der Waals surface area contributed by atoms with Crippen LogP contribution in [0.5, 0.6) is 0 Å². The largest absolute Gasteiger partial charge is 0.342 e. The number of benzene rings is 1. The molecule has 0 atom stereocenters. The van der Waals surface area contributed by atoms with Crippen molar-refractivity contribution in [2.24, 2.45) is 0 Å². The van der Waals surface area contributed by atoms with Gasteiger partial charge in [-0.1, -0.05) is 29.3 Å². The molecule has 5 nitrogen and oxygen atoms in total. The summed E-state index contributed by atoms with van der Waals surface area (Å²) in [5.74, 6) is -0.887. The molecule has 0 spiro atoms. The van der Waals surface area contributed by atoms with Gasteiger partial charge >= 0.3 is 0 Å². The Balaban J connectivity index is 1.97. The summed E-state index contributed by atoms with van der Waals surface area (Å²) < 4.78 is 13.2. The van der Waals surface area contributed by atoms with E-state index in [1.54, 1.807) is 23.1 Å². The van der Waals surface area contributed by atoms with Crippen molar-refractivity contribution in [3.05, 3.63) is 46.5 Å². The van der Waals surface area contributed by atoms with Crippen molar-refractivity contribution in [3.63, 3.8) is 0 Å². The van der Waals surface area contributed by atoms with Gasteiger partial charge in [0.05, 0.1) is 23.3 Å². The predicted octanol–water partition coefficient (Wildman–Crippen LogP) is 2.48. The number of hydrogen-bond donors (Lipinski definition) is 0. The Morgan fingerprint density at radius 3 is 2.63 bits per heavy atom. The first-order valence-corrected chi connectivity index (χ1v) is 6.51. The molecule has 0 bridgehead atoms. The maximum absolute atomic E-state index is 6.06. The van der Waals surface area contributed by atoms with Crippen molar-refractivity contribution in [2.75, 3.05) is 13.2 Å². The minimum Gasteiger partial charge on any atom is -0.342 e. The molecule has 1 aromatic carbocycles. The van der Waals surface area contributed by atoms with Crippen LogP contribution >= 0.6 is 23.2 Å². The standard InChI is InChI=1S/C12H11Cl2N3O2/c13-10-2-1-9(5-11(10)14)12(18-3-4-19-12)6-17-8-15-7-16-17/h1-2,5,7-8H,3-4,6H2. The van der Waals surface area contributed by atoms with Crippen molar-refractivity contribution in [3.8, 4) is 0 Å². The maximum Gasteiger partial charge on any atom is 0.215 e. The minimum absolute atomic E-state index is 0.408. The molecule has 100 valence electrons. The Morgan fingerprint density at radius 1 is 1.21 bits per heavy atom. The molecule has 0 amide bonds. The van der Waals surface area contributed by atoms with Gasteiger partial charge in [-0.3, -0.25) is 0 Å². The molecule has 1 aromatic heterocycles. The molecule has 0 aliphatic carbocycles. The van der Waals surface area contributed by atoms with Crippen molar-refractivity contribution < 1.29 is 9.47 Å². The fourth-order valence-electron chi connectivity index (χ4n) is 2.06. The van der Waals surface area contributed by atoms with Gasteiger partial charge in [-0.05, 0) is 12.1 Å². The molecule has 0 unspecified atom stereocenters. The lowest BCUT2D eigenvalue weighted by molar-refractivity contribution is -0.177. The number of aromatic nitrogens is 3. The van der Waals surface area contributed by atoms with Crippen LogP contribution in [-0.2, 0) is 21.8 Å². The average Bonchev–Trinajstić information content (AvgIpc) is 3.05. The second kappa shape index (κ2) is 5.09. The molecule has 3 rings (SSSR count). The number of rotatable bonds is 3. The Morgan fingerprint density at radius 2 is 2.00 bits per heavy atom. The van der Waals surface area contributed by atoms with Crippen LogP contribution in [0.15, 0.2) is 30.9 Å². The second-order valence-corrected chi connectivity index (χ2v) is 4.99. The normalized spacial score (nSPS) is 17.8. The monoisotopic (exact) mass is 299 g/mol. The summed E-state index contributed by atoms with van der Waals surface area (Å²) in [6, 6.07) is 5.33. The van der Waals surface area contributed by atoms with E-state index in [0.29, 0.717) is 29.8 Å². The van der Waals surface area contributed by atoms with Crippen molar-refractivity contribution in [2.45, 2.75) is 12.3 Å². The SMILES string of the molecule is Clc1ccc(C2(Cn3cncn3)OCCO2)cc1Cl. The Bertz CT molecular complexity index is 568. The van der Waals surface area contributed by atoms with Gasteiger partial charge in [0.2, 0.25) is 5.79 Å². The summed E-state index contributed by atoms with van der Waals surface area (Å²) >= 11 is 12.0. The Hall–Kier alpha value is -1.14. The van der Waals surface area contributed by atoms with E-state index in [0.717, 1.165) is 5.56 Å². The first-order valence-electron chi connectivity index (χ1n) is 5.75. The molecule has 1 fully saturated rings. The van der Waals surface area contributed by atoms with E-state index in [9.17, 15) is 0 Å². The van der Waals surface area contributed by atoms with Gasteiger partial charge in [0.25, 0.3) is 0 Å². The fourth-order valence-corrected chi connectivity index (χ4v) is 2.36. The second-order valence-electron chi connectivity index (χ2n) is 4.17. The third-order valence-corrected chi connectivity index (χ3v) is 3.69. The molecule has 0 N–H and O–H groups in total. The smallest absolute Gasteiger partial charge is 0.215 e. The van der Waals surface area contributed by atoms with Crippen LogP contribution in [-0.4, -0.2) is 28.0 Å². The highest BCUT2D eigenvalue weighted by Crippen LogP contribution is 2.36. The van der Waals surface area contributed by atoms with Crippen LogP contribution in [0.3, 0.4) is 0 Å². The molecular formula is C12H11Cl2N3O2. The van der Waals surface area contributed by atoms with Crippen LogP contribution < -0.4 is 0 Å². The summed E-state index contributed by atoms with van der Waals surface area (Å²) in [6.45, 7) is 1.45. The summed E-state index contributed by atoms with van der Waals surface area (Å²) in [6.07, 6.45) is 3.09. The number of nitrogens with zero attached hydrogens (tertiary/aromatic N) is 3. The first kappa shape index (κ1) is 12.9. The van der Waals surface area contributed by atoms with Gasteiger partial charge in [-0.15, -0.1) is 0 Å². The Kier molecular flexibility index (Phi) is 3.45. The summed E-state index contributed by atoms with van der Waals surface area (Å²) in [7, 11) is 0. The quantitative estimate of drug-likeness (QED) is 0.874. The molecule has 2 aromatic rings. The summed E-state index contributed by atoms with van der Waals surface area (Å²) in [5.41, 5.74) is 0.815. The minimum atomic E-state index is -0.887. The van der Waals surface area contributed by atoms with Gasteiger partial charge in [0.15, 0.2) is 0 Å². The highest BCUT2D eigenvalue weighted by atomic mass is 35.5. The maximum atomic E-state index is 6.06. The van der Waals surface area contributed by atoms with Crippen LogP contribution in [0.1, 0.15) is 5.56 Å². The molecule has 7 heteroatoms.